The summed E-state index contributed by atoms with van der Waals surface area (Å²) in [6.07, 6.45) is 1.12. The van der Waals surface area contributed by atoms with E-state index in [0.717, 1.165) is 5.56 Å². The monoisotopic (exact) mass is 399 g/mol. The zero-order valence-corrected chi connectivity index (χ0v) is 16.7. The van der Waals surface area contributed by atoms with Gasteiger partial charge in [0.2, 0.25) is 0 Å². The van der Waals surface area contributed by atoms with E-state index in [-0.39, 0.29) is 22.3 Å². The molecule has 4 rings (SSSR count). The van der Waals surface area contributed by atoms with E-state index in [2.05, 4.69) is 0 Å². The van der Waals surface area contributed by atoms with Crippen LogP contribution in [0.2, 0.25) is 0 Å². The minimum absolute atomic E-state index is 0.0238. The highest BCUT2D eigenvalue weighted by Crippen LogP contribution is 2.39. The number of nitro groups is 1. The number of nitrogens with zero attached hydrogens (tertiary/aromatic N) is 1. The van der Waals surface area contributed by atoms with Crippen LogP contribution in [-0.4, -0.2) is 10.7 Å². The second kappa shape index (κ2) is 7.95. The van der Waals surface area contributed by atoms with Gasteiger partial charge < -0.3 is 4.74 Å². The van der Waals surface area contributed by atoms with Crippen LogP contribution >= 0.6 is 0 Å². The molecule has 5 nitrogen and oxygen atoms in total. The average Bonchev–Trinajstić information content (AvgIpc) is 2.76. The quantitative estimate of drug-likeness (QED) is 0.301. The molecule has 0 aromatic heterocycles. The van der Waals surface area contributed by atoms with Gasteiger partial charge in [-0.2, -0.15) is 0 Å². The number of hydrogen-bond acceptors (Lipinski definition) is 4. The lowest BCUT2D eigenvalue weighted by molar-refractivity contribution is -0.385. The SMILES string of the molecule is CC(C)c1ccc(C=C2C(=O)c3ccccc3OC2c2ccccc2)cc1[N+](=O)[O-]. The smallest absolute Gasteiger partial charge is 0.273 e. The van der Waals surface area contributed by atoms with Crippen LogP contribution in [0.4, 0.5) is 5.69 Å². The Morgan fingerprint density at radius 3 is 2.40 bits per heavy atom. The van der Waals surface area contributed by atoms with Gasteiger partial charge in [-0.1, -0.05) is 68.4 Å². The second-order valence-electron chi connectivity index (χ2n) is 7.56. The second-order valence-corrected chi connectivity index (χ2v) is 7.56. The highest BCUT2D eigenvalue weighted by atomic mass is 16.6. The molecule has 1 atom stereocenters. The molecule has 3 aromatic carbocycles. The van der Waals surface area contributed by atoms with Crippen LogP contribution in [0.5, 0.6) is 5.75 Å². The molecule has 1 aliphatic heterocycles. The predicted octanol–water partition coefficient (Wildman–Crippen LogP) is 6.12. The van der Waals surface area contributed by atoms with Crippen LogP contribution < -0.4 is 4.74 Å². The fraction of sp³-hybridized carbons (Fsp3) is 0.160. The van der Waals surface area contributed by atoms with E-state index >= 15 is 0 Å². The largest absolute Gasteiger partial charge is 0.480 e. The van der Waals surface area contributed by atoms with Crippen LogP contribution in [0.15, 0.2) is 78.4 Å². The van der Waals surface area contributed by atoms with Crippen molar-refractivity contribution in [3.05, 3.63) is 111 Å². The molecule has 30 heavy (non-hydrogen) atoms. The van der Waals surface area contributed by atoms with Crippen molar-refractivity contribution in [3.63, 3.8) is 0 Å². The third kappa shape index (κ3) is 3.62. The van der Waals surface area contributed by atoms with Crippen molar-refractivity contribution in [1.29, 1.82) is 0 Å². The van der Waals surface area contributed by atoms with Crippen molar-refractivity contribution >= 4 is 17.5 Å². The lowest BCUT2D eigenvalue weighted by atomic mass is 9.89. The standard InChI is InChI=1S/C25H21NO4/c1-16(2)19-13-12-17(15-22(19)26(28)29)14-21-24(27)20-10-6-7-11-23(20)30-25(21)18-8-4-3-5-9-18/h3-16,25H,1-2H3. The lowest BCUT2D eigenvalue weighted by Crippen LogP contribution is -2.23. The summed E-state index contributed by atoms with van der Waals surface area (Å²) < 4.78 is 6.19. The fourth-order valence-corrected chi connectivity index (χ4v) is 3.72. The molecule has 5 heteroatoms. The Kier molecular flexibility index (Phi) is 5.19. The number of nitro benzene ring substituents is 1. The highest BCUT2D eigenvalue weighted by Gasteiger charge is 2.32. The minimum Gasteiger partial charge on any atom is -0.480 e. The molecule has 0 N–H and O–H groups in total. The summed E-state index contributed by atoms with van der Waals surface area (Å²) in [5.74, 6) is 0.423. The number of Topliss-reactive ketones (excluding diaryl/α,β-unsaturated/α-hetero) is 1. The molecule has 1 heterocycles. The van der Waals surface area contributed by atoms with Crippen molar-refractivity contribution in [1.82, 2.24) is 0 Å². The molecule has 0 amide bonds. The van der Waals surface area contributed by atoms with E-state index in [4.69, 9.17) is 4.74 Å². The first-order valence-corrected chi connectivity index (χ1v) is 9.81. The van der Waals surface area contributed by atoms with Gasteiger partial charge in [0, 0.05) is 17.2 Å². The van der Waals surface area contributed by atoms with Crippen LogP contribution in [0.1, 0.15) is 52.9 Å². The Hall–Kier alpha value is -3.73. The molecule has 150 valence electrons. The van der Waals surface area contributed by atoms with E-state index in [1.54, 1.807) is 30.3 Å². The molecule has 0 fully saturated rings. The number of carbonyl (C=O) groups is 1. The molecule has 0 saturated heterocycles. The molecule has 1 aliphatic rings. The third-order valence-corrected chi connectivity index (χ3v) is 5.22. The zero-order valence-electron chi connectivity index (χ0n) is 16.7. The number of ketones is 1. The maximum Gasteiger partial charge on any atom is 0.273 e. The van der Waals surface area contributed by atoms with Gasteiger partial charge in [-0.25, -0.2) is 0 Å². The van der Waals surface area contributed by atoms with Gasteiger partial charge in [0.1, 0.15) is 5.75 Å². The summed E-state index contributed by atoms with van der Waals surface area (Å²) in [5.41, 5.74) is 3.10. The number of carbonyl (C=O) groups excluding carboxylic acids is 1. The van der Waals surface area contributed by atoms with Gasteiger partial charge in [-0.3, -0.25) is 14.9 Å². The van der Waals surface area contributed by atoms with Crippen molar-refractivity contribution in [3.8, 4) is 5.75 Å². The number of benzene rings is 3. The molecule has 0 bridgehead atoms. The third-order valence-electron chi connectivity index (χ3n) is 5.22. The van der Waals surface area contributed by atoms with E-state index < -0.39 is 6.10 Å². The Labute approximate surface area is 174 Å². The molecule has 1 unspecified atom stereocenters. The van der Waals surface area contributed by atoms with Crippen LogP contribution in [0, 0.1) is 10.1 Å². The maximum atomic E-state index is 13.3. The fourth-order valence-electron chi connectivity index (χ4n) is 3.72. The summed E-state index contributed by atoms with van der Waals surface area (Å²) in [7, 11) is 0. The molecule has 0 radical (unpaired) electrons. The average molecular weight is 399 g/mol. The number of fused-ring (bicyclic) bond motifs is 1. The number of ether oxygens (including phenoxy) is 1. The summed E-state index contributed by atoms with van der Waals surface area (Å²) in [6.45, 7) is 3.84. The van der Waals surface area contributed by atoms with Gasteiger partial charge in [0.25, 0.3) is 5.69 Å². The first kappa shape index (κ1) is 19.6. The van der Waals surface area contributed by atoms with Crippen LogP contribution in [0.25, 0.3) is 6.08 Å². The van der Waals surface area contributed by atoms with Gasteiger partial charge in [-0.05, 0) is 35.3 Å². The molecule has 0 spiro atoms. The van der Waals surface area contributed by atoms with E-state index in [9.17, 15) is 14.9 Å². The van der Waals surface area contributed by atoms with Gasteiger partial charge >= 0.3 is 0 Å². The number of para-hydroxylation sites is 1. The zero-order chi connectivity index (χ0) is 21.3. The van der Waals surface area contributed by atoms with Gasteiger partial charge in [0.05, 0.1) is 10.5 Å². The summed E-state index contributed by atoms with van der Waals surface area (Å²) in [6, 6.07) is 21.7. The summed E-state index contributed by atoms with van der Waals surface area (Å²) in [5, 5.41) is 11.6. The Morgan fingerprint density at radius 2 is 1.70 bits per heavy atom. The maximum absolute atomic E-state index is 13.3. The Balaban J connectivity index is 1.86. The normalized spacial score (nSPS) is 17.0. The van der Waals surface area contributed by atoms with Crippen LogP contribution in [0.3, 0.4) is 0 Å². The molecule has 0 saturated carbocycles. The van der Waals surface area contributed by atoms with Gasteiger partial charge in [-0.15, -0.1) is 0 Å². The predicted molar refractivity (Wildman–Crippen MR) is 116 cm³/mol. The van der Waals surface area contributed by atoms with Crippen LogP contribution in [-0.2, 0) is 0 Å². The summed E-state index contributed by atoms with van der Waals surface area (Å²) in [4.78, 5) is 24.5. The number of rotatable bonds is 4. The highest BCUT2D eigenvalue weighted by molar-refractivity contribution is 6.14. The Bertz CT molecular complexity index is 1150. The minimum atomic E-state index is -0.586. The van der Waals surface area contributed by atoms with Gasteiger partial charge in [0.15, 0.2) is 11.9 Å². The first-order valence-electron chi connectivity index (χ1n) is 9.81. The molecule has 0 aliphatic carbocycles. The topological polar surface area (TPSA) is 69.4 Å². The van der Waals surface area contributed by atoms with E-state index in [0.29, 0.717) is 28.0 Å². The molecular formula is C25H21NO4. The molecular weight excluding hydrogens is 378 g/mol. The van der Waals surface area contributed by atoms with Crippen molar-refractivity contribution < 1.29 is 14.5 Å². The van der Waals surface area contributed by atoms with E-state index in [1.807, 2.05) is 56.3 Å². The van der Waals surface area contributed by atoms with Crippen molar-refractivity contribution in [2.45, 2.75) is 25.9 Å². The van der Waals surface area contributed by atoms with E-state index in [1.165, 1.54) is 6.07 Å². The number of hydrogen-bond donors (Lipinski definition) is 0. The van der Waals surface area contributed by atoms with Crippen molar-refractivity contribution in [2.24, 2.45) is 0 Å². The first-order chi connectivity index (χ1) is 14.5. The summed E-state index contributed by atoms with van der Waals surface area (Å²) >= 11 is 0. The van der Waals surface area contributed by atoms with Crippen molar-refractivity contribution in [2.75, 3.05) is 0 Å². The lowest BCUT2D eigenvalue weighted by Gasteiger charge is -2.28. The Morgan fingerprint density at radius 1 is 1.00 bits per heavy atom. The molecule has 3 aromatic rings.